The molecule has 0 bridgehead atoms. The lowest BCUT2D eigenvalue weighted by atomic mass is 9.86. The summed E-state index contributed by atoms with van der Waals surface area (Å²) in [5.74, 6) is -0.467. The van der Waals surface area contributed by atoms with Crippen LogP contribution in [0.25, 0.3) is 0 Å². The van der Waals surface area contributed by atoms with Crippen LogP contribution in [0.1, 0.15) is 47.4 Å². The van der Waals surface area contributed by atoms with E-state index in [0.29, 0.717) is 5.69 Å². The van der Waals surface area contributed by atoms with Crippen molar-refractivity contribution in [3.8, 4) is 0 Å². The highest BCUT2D eigenvalue weighted by Gasteiger charge is 2.13. The van der Waals surface area contributed by atoms with Gasteiger partial charge in [-0.1, -0.05) is 45.0 Å². The minimum atomic E-state index is -0.467. The van der Waals surface area contributed by atoms with Crippen LogP contribution in [-0.4, -0.2) is 10.9 Å². The molecule has 0 saturated carbocycles. The van der Waals surface area contributed by atoms with E-state index in [1.807, 2.05) is 0 Å². The van der Waals surface area contributed by atoms with E-state index in [4.69, 9.17) is 5.73 Å². The van der Waals surface area contributed by atoms with E-state index in [1.54, 1.807) is 5.38 Å². The van der Waals surface area contributed by atoms with Crippen LogP contribution >= 0.6 is 11.3 Å². The molecule has 0 aliphatic heterocycles. The van der Waals surface area contributed by atoms with Crippen molar-refractivity contribution >= 4 is 17.2 Å². The quantitative estimate of drug-likeness (QED) is 0.934. The second-order valence-corrected chi connectivity index (χ2v) is 6.56. The molecule has 1 amide bonds. The van der Waals surface area contributed by atoms with Crippen LogP contribution in [0.3, 0.4) is 0 Å². The normalized spacial score (nSPS) is 11.5. The van der Waals surface area contributed by atoms with Gasteiger partial charge in [0.05, 0.1) is 5.01 Å². The number of hydrogen-bond donors (Lipinski definition) is 1. The largest absolute Gasteiger partial charge is 0.364 e. The summed E-state index contributed by atoms with van der Waals surface area (Å²) in [7, 11) is 0. The lowest BCUT2D eigenvalue weighted by molar-refractivity contribution is 0.0996. The Morgan fingerprint density at radius 2 is 1.89 bits per heavy atom. The maximum atomic E-state index is 11.0. The highest BCUT2D eigenvalue weighted by Crippen LogP contribution is 2.23. The lowest BCUT2D eigenvalue weighted by Gasteiger charge is -2.19. The fourth-order valence-corrected chi connectivity index (χ4v) is 2.62. The molecule has 4 heteroatoms. The van der Waals surface area contributed by atoms with Gasteiger partial charge in [0, 0.05) is 11.8 Å². The number of carbonyl (C=O) groups is 1. The minimum Gasteiger partial charge on any atom is -0.364 e. The fraction of sp³-hybridized carbons (Fsp3) is 0.333. The highest BCUT2D eigenvalue weighted by atomic mass is 32.1. The second-order valence-electron chi connectivity index (χ2n) is 5.61. The molecule has 2 rings (SSSR count). The summed E-state index contributed by atoms with van der Waals surface area (Å²) < 4.78 is 0. The summed E-state index contributed by atoms with van der Waals surface area (Å²) in [6.07, 6.45) is 0.738. The molecule has 0 fully saturated rings. The van der Waals surface area contributed by atoms with Gasteiger partial charge in [0.25, 0.3) is 5.91 Å². The summed E-state index contributed by atoms with van der Waals surface area (Å²) in [4.78, 5) is 15.2. The lowest BCUT2D eigenvalue weighted by Crippen LogP contribution is -2.11. The first kappa shape index (κ1) is 13.7. The Morgan fingerprint density at radius 3 is 2.37 bits per heavy atom. The van der Waals surface area contributed by atoms with Gasteiger partial charge in [-0.15, -0.1) is 11.3 Å². The molecule has 0 spiro atoms. The predicted molar refractivity (Wildman–Crippen MR) is 78.6 cm³/mol. The van der Waals surface area contributed by atoms with Crippen molar-refractivity contribution < 1.29 is 4.79 Å². The Labute approximate surface area is 117 Å². The number of primary amides is 1. The number of rotatable bonds is 3. The Kier molecular flexibility index (Phi) is 3.71. The average Bonchev–Trinajstić information content (AvgIpc) is 2.77. The molecule has 1 aromatic heterocycles. The first-order chi connectivity index (χ1) is 8.86. The number of aromatic nitrogens is 1. The first-order valence-corrected chi connectivity index (χ1v) is 7.08. The van der Waals surface area contributed by atoms with Crippen LogP contribution in [-0.2, 0) is 11.8 Å². The van der Waals surface area contributed by atoms with Gasteiger partial charge in [-0.3, -0.25) is 4.79 Å². The average molecular weight is 274 g/mol. The van der Waals surface area contributed by atoms with Crippen LogP contribution in [0, 0.1) is 0 Å². The molecule has 100 valence electrons. The maximum Gasteiger partial charge on any atom is 0.268 e. The zero-order valence-electron chi connectivity index (χ0n) is 11.4. The standard InChI is InChI=1S/C15H18N2OS/c1-15(2,3)11-6-4-10(5-7-11)8-13-17-12(9-19-13)14(16)18/h4-7,9H,8H2,1-3H3,(H2,16,18). The summed E-state index contributed by atoms with van der Waals surface area (Å²) in [6.45, 7) is 6.59. The van der Waals surface area contributed by atoms with Crippen molar-refractivity contribution in [2.45, 2.75) is 32.6 Å². The Balaban J connectivity index is 2.13. The predicted octanol–water partition coefficient (Wildman–Crippen LogP) is 3.13. The van der Waals surface area contributed by atoms with Gasteiger partial charge in [0.2, 0.25) is 0 Å². The number of hydrogen-bond acceptors (Lipinski definition) is 3. The van der Waals surface area contributed by atoms with E-state index >= 15 is 0 Å². The van der Waals surface area contributed by atoms with Crippen molar-refractivity contribution in [1.29, 1.82) is 0 Å². The first-order valence-electron chi connectivity index (χ1n) is 6.20. The number of nitrogens with zero attached hydrogens (tertiary/aromatic N) is 1. The Bertz CT molecular complexity index is 579. The molecule has 0 unspecified atom stereocenters. The van der Waals surface area contributed by atoms with Crippen molar-refractivity contribution in [1.82, 2.24) is 4.98 Å². The zero-order valence-corrected chi connectivity index (χ0v) is 12.3. The summed E-state index contributed by atoms with van der Waals surface area (Å²) >= 11 is 1.47. The number of carbonyl (C=O) groups excluding carboxylic acids is 1. The Hall–Kier alpha value is -1.68. The SMILES string of the molecule is CC(C)(C)c1ccc(Cc2nc(C(N)=O)cs2)cc1. The van der Waals surface area contributed by atoms with Gasteiger partial charge in [-0.25, -0.2) is 4.98 Å². The maximum absolute atomic E-state index is 11.0. The molecule has 1 heterocycles. The summed E-state index contributed by atoms with van der Waals surface area (Å²) in [5.41, 5.74) is 8.22. The molecule has 2 N–H and O–H groups in total. The zero-order chi connectivity index (χ0) is 14.0. The molecule has 0 radical (unpaired) electrons. The van der Waals surface area contributed by atoms with Crippen molar-refractivity contribution in [2.24, 2.45) is 5.73 Å². The highest BCUT2D eigenvalue weighted by molar-refractivity contribution is 7.09. The van der Waals surface area contributed by atoms with Crippen molar-refractivity contribution in [3.05, 3.63) is 51.5 Å². The molecule has 0 aliphatic carbocycles. The second kappa shape index (κ2) is 5.13. The van der Waals surface area contributed by atoms with Gasteiger partial charge in [0.1, 0.15) is 5.69 Å². The molecule has 3 nitrogen and oxygen atoms in total. The molecular weight excluding hydrogens is 256 g/mol. The molecule has 19 heavy (non-hydrogen) atoms. The monoisotopic (exact) mass is 274 g/mol. The van der Waals surface area contributed by atoms with Crippen LogP contribution in [0.4, 0.5) is 0 Å². The van der Waals surface area contributed by atoms with Crippen LogP contribution < -0.4 is 5.73 Å². The van der Waals surface area contributed by atoms with Crippen LogP contribution in [0.5, 0.6) is 0 Å². The van der Waals surface area contributed by atoms with Crippen LogP contribution in [0.2, 0.25) is 0 Å². The van der Waals surface area contributed by atoms with E-state index in [9.17, 15) is 4.79 Å². The number of benzene rings is 1. The number of thiazole rings is 1. The molecule has 0 saturated heterocycles. The van der Waals surface area contributed by atoms with E-state index < -0.39 is 5.91 Å². The van der Waals surface area contributed by atoms with Crippen molar-refractivity contribution in [3.63, 3.8) is 0 Å². The van der Waals surface area contributed by atoms with Crippen molar-refractivity contribution in [2.75, 3.05) is 0 Å². The van der Waals surface area contributed by atoms with E-state index in [1.165, 1.54) is 22.5 Å². The van der Waals surface area contributed by atoms with E-state index in [0.717, 1.165) is 11.4 Å². The number of nitrogens with two attached hydrogens (primary N) is 1. The van der Waals surface area contributed by atoms with Crippen LogP contribution in [0.15, 0.2) is 29.6 Å². The van der Waals surface area contributed by atoms with Gasteiger partial charge < -0.3 is 5.73 Å². The molecule has 2 aromatic rings. The number of amides is 1. The summed E-state index contributed by atoms with van der Waals surface area (Å²) in [6, 6.07) is 8.54. The Morgan fingerprint density at radius 1 is 1.26 bits per heavy atom. The minimum absolute atomic E-state index is 0.166. The summed E-state index contributed by atoms with van der Waals surface area (Å²) in [5, 5.41) is 2.62. The molecule has 0 atom stereocenters. The third kappa shape index (κ3) is 3.41. The topological polar surface area (TPSA) is 56.0 Å². The van der Waals surface area contributed by atoms with Gasteiger partial charge in [-0.05, 0) is 16.5 Å². The molecular formula is C15H18N2OS. The molecule has 1 aromatic carbocycles. The van der Waals surface area contributed by atoms with Gasteiger partial charge >= 0.3 is 0 Å². The van der Waals surface area contributed by atoms with E-state index in [2.05, 4.69) is 50.0 Å². The van der Waals surface area contributed by atoms with Gasteiger partial charge in [-0.2, -0.15) is 0 Å². The molecule has 0 aliphatic rings. The smallest absolute Gasteiger partial charge is 0.268 e. The van der Waals surface area contributed by atoms with Gasteiger partial charge in [0.15, 0.2) is 0 Å². The third-order valence-electron chi connectivity index (χ3n) is 2.98. The fourth-order valence-electron chi connectivity index (χ4n) is 1.80. The van der Waals surface area contributed by atoms with E-state index in [-0.39, 0.29) is 5.41 Å². The third-order valence-corrected chi connectivity index (χ3v) is 3.83.